The molecule has 0 bridgehead atoms. The van der Waals surface area contributed by atoms with Gasteiger partial charge in [0.05, 0.1) is 0 Å². The normalized spacial score (nSPS) is 12.4. The van der Waals surface area contributed by atoms with Gasteiger partial charge in [0.1, 0.15) is 23.0 Å². The maximum Gasteiger partial charge on any atom is 0.131 e. The average molecular weight is 899 g/mol. The molecule has 0 amide bonds. The number of phenolic OH excluding ortho intramolecular Hbond substituents is 4. The van der Waals surface area contributed by atoms with E-state index in [1.165, 1.54) is 0 Å². The zero-order chi connectivity index (χ0) is 49.1. The highest BCUT2D eigenvalue weighted by molar-refractivity contribution is 5.93. The van der Waals surface area contributed by atoms with Crippen molar-refractivity contribution in [1.82, 2.24) is 0 Å². The van der Waals surface area contributed by atoms with Crippen molar-refractivity contribution in [1.29, 1.82) is 0 Å². The topological polar surface area (TPSA) is 80.9 Å². The Labute approximate surface area is 404 Å². The van der Waals surface area contributed by atoms with Crippen molar-refractivity contribution in [2.45, 2.75) is 105 Å². The van der Waals surface area contributed by atoms with Crippen molar-refractivity contribution in [3.8, 4) is 101 Å². The van der Waals surface area contributed by atoms with Gasteiger partial charge in [-0.05, 0) is 138 Å². The molecular weight excluding hydrogens is 833 g/mol. The molecule has 4 heteroatoms. The lowest BCUT2D eigenvalue weighted by molar-refractivity contribution is 0.469. The Morgan fingerprint density at radius 1 is 0.221 bits per heavy atom. The molecule has 0 unspecified atom stereocenters. The molecule has 0 radical (unpaired) electrons. The minimum Gasteiger partial charge on any atom is -0.507 e. The van der Waals surface area contributed by atoms with Crippen molar-refractivity contribution in [2.24, 2.45) is 0 Å². The zero-order valence-electron chi connectivity index (χ0n) is 41.8. The van der Waals surface area contributed by atoms with E-state index in [1.54, 1.807) is 0 Å². The van der Waals surface area contributed by atoms with E-state index in [0.717, 1.165) is 66.8 Å². The van der Waals surface area contributed by atoms with Crippen LogP contribution in [0.2, 0.25) is 0 Å². The van der Waals surface area contributed by atoms with Crippen molar-refractivity contribution in [2.75, 3.05) is 0 Å². The third-order valence-corrected chi connectivity index (χ3v) is 13.3. The molecule has 8 aromatic rings. The largest absolute Gasteiger partial charge is 0.507 e. The third-order valence-electron chi connectivity index (χ3n) is 13.3. The quantitative estimate of drug-likeness (QED) is 0.128. The molecule has 0 spiro atoms. The molecule has 0 aliphatic carbocycles. The molecule has 68 heavy (non-hydrogen) atoms. The van der Waals surface area contributed by atoms with Crippen LogP contribution < -0.4 is 0 Å². The lowest BCUT2D eigenvalue weighted by atomic mass is 9.79. The van der Waals surface area contributed by atoms with E-state index in [4.69, 9.17) is 0 Å². The second-order valence-corrected chi connectivity index (χ2v) is 22.6. The highest BCUT2D eigenvalue weighted by atomic mass is 16.3. The Bertz CT molecular complexity index is 2950. The maximum atomic E-state index is 12.5. The molecule has 0 fully saturated rings. The molecule has 346 valence electrons. The van der Waals surface area contributed by atoms with Gasteiger partial charge in [0.25, 0.3) is 0 Å². The average Bonchev–Trinajstić information content (AvgIpc) is 3.28. The molecule has 0 aliphatic rings. The second-order valence-electron chi connectivity index (χ2n) is 22.6. The fourth-order valence-electron chi connectivity index (χ4n) is 8.94. The summed E-state index contributed by atoms with van der Waals surface area (Å²) in [4.78, 5) is 0. The predicted octanol–water partition coefficient (Wildman–Crippen LogP) is 17.4. The molecule has 0 aromatic heterocycles. The Kier molecular flexibility index (Phi) is 12.3. The summed E-state index contributed by atoms with van der Waals surface area (Å²) in [6.45, 7) is 25.9. The second kappa shape index (κ2) is 17.6. The summed E-state index contributed by atoms with van der Waals surface area (Å²) in [5.41, 5.74) is 13.5. The van der Waals surface area contributed by atoms with Crippen molar-refractivity contribution >= 4 is 0 Å². The summed E-state index contributed by atoms with van der Waals surface area (Å²) in [5.74, 6) is 0.431. The van der Waals surface area contributed by atoms with Gasteiger partial charge in [0.2, 0.25) is 0 Å². The number of rotatable bonds is 7. The van der Waals surface area contributed by atoms with E-state index in [-0.39, 0.29) is 44.7 Å². The zero-order valence-corrected chi connectivity index (χ0v) is 41.8. The lowest BCUT2D eigenvalue weighted by Crippen LogP contribution is -2.12. The van der Waals surface area contributed by atoms with Gasteiger partial charge in [-0.1, -0.05) is 180 Å². The van der Waals surface area contributed by atoms with Gasteiger partial charge in [-0.2, -0.15) is 0 Å². The first-order valence-electron chi connectivity index (χ1n) is 23.7. The van der Waals surface area contributed by atoms with Gasteiger partial charge in [-0.3, -0.25) is 0 Å². The summed E-state index contributed by atoms with van der Waals surface area (Å²) in [5, 5.41) is 49.2. The van der Waals surface area contributed by atoms with Crippen LogP contribution in [0.1, 0.15) is 105 Å². The number of hydrogen-bond donors (Lipinski definition) is 4. The molecule has 4 nitrogen and oxygen atoms in total. The Hall–Kier alpha value is -7.04. The van der Waals surface area contributed by atoms with Crippen molar-refractivity contribution in [3.63, 3.8) is 0 Å². The first-order valence-corrected chi connectivity index (χ1v) is 23.7. The van der Waals surface area contributed by atoms with E-state index in [9.17, 15) is 20.4 Å². The van der Waals surface area contributed by atoms with Gasteiger partial charge in [-0.15, -0.1) is 0 Å². The smallest absolute Gasteiger partial charge is 0.131 e. The van der Waals surface area contributed by atoms with Crippen LogP contribution in [0.4, 0.5) is 0 Å². The first kappa shape index (κ1) is 47.5. The van der Waals surface area contributed by atoms with E-state index in [0.29, 0.717) is 33.4 Å². The molecule has 0 heterocycles. The van der Waals surface area contributed by atoms with Gasteiger partial charge in [0.15, 0.2) is 0 Å². The van der Waals surface area contributed by atoms with Crippen LogP contribution in [0.5, 0.6) is 23.0 Å². The molecule has 8 rings (SSSR count). The van der Waals surface area contributed by atoms with E-state index in [2.05, 4.69) is 132 Å². The number of benzene rings is 8. The van der Waals surface area contributed by atoms with E-state index in [1.807, 2.05) is 109 Å². The first-order chi connectivity index (χ1) is 31.9. The predicted molar refractivity (Wildman–Crippen MR) is 286 cm³/mol. The maximum absolute atomic E-state index is 12.5. The van der Waals surface area contributed by atoms with E-state index < -0.39 is 0 Å². The van der Waals surface area contributed by atoms with Crippen LogP contribution in [-0.4, -0.2) is 20.4 Å². The number of hydrogen-bond acceptors (Lipinski definition) is 4. The Morgan fingerprint density at radius 2 is 0.426 bits per heavy atom. The van der Waals surface area contributed by atoms with Gasteiger partial charge in [0, 0.05) is 44.5 Å². The molecule has 0 saturated carbocycles. The highest BCUT2D eigenvalue weighted by Crippen LogP contribution is 2.51. The summed E-state index contributed by atoms with van der Waals surface area (Å²) < 4.78 is 0. The monoisotopic (exact) mass is 898 g/mol. The summed E-state index contributed by atoms with van der Waals surface area (Å²) in [6, 6.07) is 52.6. The van der Waals surface area contributed by atoms with Gasteiger partial charge < -0.3 is 20.4 Å². The minimum absolute atomic E-state index is 0.0925. The molecule has 0 atom stereocenters. The fourth-order valence-corrected chi connectivity index (χ4v) is 8.94. The van der Waals surface area contributed by atoms with Crippen LogP contribution in [0.3, 0.4) is 0 Å². The standard InChI is InChI=1S/C64H66O4/c1-61(2,3)45-31-49(39-21-15-13-16-22-39)57(65)53(35-45)55-37-47(63(7,8)9)33-51(59(55)67)43-27-19-25-41(29-43)42-26-20-28-44(30-42)52-34-48(64(10,11)12)38-56(60(52)68)54-36-46(62(4,5)6)32-50(58(54)66)40-23-17-14-18-24-40/h13-38,65-68H,1-12H3. The summed E-state index contributed by atoms with van der Waals surface area (Å²) >= 11 is 0. The molecule has 0 saturated heterocycles. The Balaban J connectivity index is 1.28. The fraction of sp³-hybridized carbons (Fsp3) is 0.250. The van der Waals surface area contributed by atoms with Crippen LogP contribution in [0, 0.1) is 0 Å². The van der Waals surface area contributed by atoms with E-state index >= 15 is 0 Å². The van der Waals surface area contributed by atoms with Crippen molar-refractivity contribution < 1.29 is 20.4 Å². The lowest BCUT2D eigenvalue weighted by Gasteiger charge is -2.26. The SMILES string of the molecule is CC(C)(C)c1cc(-c2ccccc2)c(O)c(-c2cc(C(C)(C)C)cc(-c3cccc(-c4cccc(-c5cc(C(C)(C)C)cc(-c6cc(C(C)(C)C)cc(-c7ccccc7)c6O)c5O)c4)c3)c2O)c1. The van der Waals surface area contributed by atoms with Crippen LogP contribution >= 0.6 is 0 Å². The number of phenols is 4. The third kappa shape index (κ3) is 9.43. The highest BCUT2D eigenvalue weighted by Gasteiger charge is 2.28. The molecule has 8 aromatic carbocycles. The molecule has 4 N–H and O–H groups in total. The van der Waals surface area contributed by atoms with Crippen LogP contribution in [-0.2, 0) is 21.7 Å². The van der Waals surface area contributed by atoms with Crippen LogP contribution in [0.25, 0.3) is 77.9 Å². The minimum atomic E-state index is -0.279. The molecular formula is C64H66O4. The molecule has 0 aliphatic heterocycles. The van der Waals surface area contributed by atoms with Gasteiger partial charge in [-0.25, -0.2) is 0 Å². The summed E-state index contributed by atoms with van der Waals surface area (Å²) in [6.07, 6.45) is 0. The Morgan fingerprint density at radius 3 is 0.676 bits per heavy atom. The van der Waals surface area contributed by atoms with Crippen LogP contribution in [0.15, 0.2) is 158 Å². The van der Waals surface area contributed by atoms with Crippen molar-refractivity contribution in [3.05, 3.63) is 180 Å². The number of aromatic hydroxyl groups is 4. The van der Waals surface area contributed by atoms with Gasteiger partial charge >= 0.3 is 0 Å². The summed E-state index contributed by atoms with van der Waals surface area (Å²) in [7, 11) is 0.